The summed E-state index contributed by atoms with van der Waals surface area (Å²) < 4.78 is 11.3. The van der Waals surface area contributed by atoms with E-state index in [2.05, 4.69) is 20.6 Å². The molecular weight excluding hydrogens is 420 g/mol. The molecule has 2 aliphatic rings. The van der Waals surface area contributed by atoms with Gasteiger partial charge in [-0.3, -0.25) is 4.79 Å². The number of rotatable bonds is 3. The number of para-hydroxylation sites is 1. The number of amides is 1. The molecule has 9 nitrogen and oxygen atoms in total. The smallest absolute Gasteiger partial charge is 0.255 e. The Bertz CT molecular complexity index is 1330. The van der Waals surface area contributed by atoms with E-state index in [-0.39, 0.29) is 5.91 Å². The highest BCUT2D eigenvalue weighted by atomic mass is 16.5. The number of furan rings is 1. The Balaban J connectivity index is 1.45. The number of fused-ring (bicyclic) bond motifs is 2. The summed E-state index contributed by atoms with van der Waals surface area (Å²) in [5.41, 5.74) is 4.54. The molecule has 1 aliphatic heterocycles. The van der Waals surface area contributed by atoms with Gasteiger partial charge in [0.1, 0.15) is 11.9 Å². The van der Waals surface area contributed by atoms with Gasteiger partial charge in [-0.25, -0.2) is 4.98 Å². The van der Waals surface area contributed by atoms with Crippen LogP contribution in [0, 0.1) is 0 Å². The van der Waals surface area contributed by atoms with Crippen molar-refractivity contribution in [3.8, 4) is 0 Å². The number of benzene rings is 1. The monoisotopic (exact) mass is 442 g/mol. The molecule has 1 aromatic carbocycles. The molecule has 0 radical (unpaired) electrons. The van der Waals surface area contributed by atoms with Gasteiger partial charge in [0.05, 0.1) is 36.2 Å². The summed E-state index contributed by atoms with van der Waals surface area (Å²) in [5, 5.41) is 15.0. The van der Waals surface area contributed by atoms with Crippen molar-refractivity contribution in [2.45, 2.75) is 25.4 Å². The first-order chi connectivity index (χ1) is 16.3. The second-order valence-corrected chi connectivity index (χ2v) is 8.25. The standard InChI is InChI=1S/C24H22N6O3/c31-24(30-10-12-33-20(14-30)23-26-28-29-27-23)21-17-7-1-2-9-19(17)25-22-15(5-3-8-18(21)22)13-16-6-4-11-32-16/h1-2,4,6-7,9,11,13,20H,3,5,8,10,12,14H2,(H,26,27,28,29)/b15-13-. The first kappa shape index (κ1) is 19.8. The summed E-state index contributed by atoms with van der Waals surface area (Å²) in [7, 11) is 0. The van der Waals surface area contributed by atoms with Crippen molar-refractivity contribution in [3.63, 3.8) is 0 Å². The number of morpholine rings is 1. The van der Waals surface area contributed by atoms with Crippen molar-refractivity contribution in [2.24, 2.45) is 0 Å². The molecule has 0 spiro atoms. The van der Waals surface area contributed by atoms with Crippen LogP contribution in [0.15, 0.2) is 47.1 Å². The summed E-state index contributed by atoms with van der Waals surface area (Å²) in [4.78, 5) is 20.8. The normalized spacial score (nSPS) is 19.7. The van der Waals surface area contributed by atoms with Gasteiger partial charge in [0.25, 0.3) is 5.91 Å². The molecule has 3 aromatic heterocycles. The maximum atomic E-state index is 14.0. The molecule has 33 heavy (non-hydrogen) atoms. The number of hydrogen-bond donors (Lipinski definition) is 1. The van der Waals surface area contributed by atoms with E-state index in [1.165, 1.54) is 0 Å². The van der Waals surface area contributed by atoms with Crippen LogP contribution < -0.4 is 0 Å². The number of nitrogens with zero attached hydrogens (tertiary/aromatic N) is 5. The third-order valence-corrected chi connectivity index (χ3v) is 6.25. The number of carbonyl (C=O) groups is 1. The van der Waals surface area contributed by atoms with Gasteiger partial charge < -0.3 is 14.1 Å². The number of nitrogens with one attached hydrogen (secondary N) is 1. The number of allylic oxidation sites excluding steroid dienone is 1. The number of H-pyrrole nitrogens is 1. The highest BCUT2D eigenvalue weighted by Gasteiger charge is 2.32. The zero-order chi connectivity index (χ0) is 22.2. The molecule has 1 saturated heterocycles. The highest BCUT2D eigenvalue weighted by molar-refractivity contribution is 6.09. The molecule has 9 heteroatoms. The zero-order valence-corrected chi connectivity index (χ0v) is 17.9. The maximum Gasteiger partial charge on any atom is 0.255 e. The fraction of sp³-hybridized carbons (Fsp3) is 0.292. The summed E-state index contributed by atoms with van der Waals surface area (Å²) in [5.74, 6) is 1.23. The number of tetrazole rings is 1. The number of aromatic nitrogens is 5. The summed E-state index contributed by atoms with van der Waals surface area (Å²) in [6, 6.07) is 11.7. The SMILES string of the molecule is O=C(c1c2c(nc3ccccc13)/C(=C\c1ccco1)CCC2)N1CCOC(c2nn[nH]n2)C1. The molecule has 166 valence electrons. The van der Waals surface area contributed by atoms with Crippen LogP contribution in [0.2, 0.25) is 0 Å². The van der Waals surface area contributed by atoms with Gasteiger partial charge in [-0.2, -0.15) is 5.21 Å². The van der Waals surface area contributed by atoms with Gasteiger partial charge in [-0.15, -0.1) is 10.2 Å². The third-order valence-electron chi connectivity index (χ3n) is 6.25. The van der Waals surface area contributed by atoms with Crippen LogP contribution >= 0.6 is 0 Å². The maximum absolute atomic E-state index is 14.0. The first-order valence-corrected chi connectivity index (χ1v) is 11.1. The average Bonchev–Trinajstić information content (AvgIpc) is 3.57. The van der Waals surface area contributed by atoms with E-state index >= 15 is 0 Å². The molecule has 4 aromatic rings. The Labute approximate surface area is 189 Å². The number of aromatic amines is 1. The van der Waals surface area contributed by atoms with E-state index in [1.807, 2.05) is 47.4 Å². The molecule has 1 atom stereocenters. The van der Waals surface area contributed by atoms with Crippen LogP contribution in [0.4, 0.5) is 0 Å². The van der Waals surface area contributed by atoms with Crippen LogP contribution in [-0.2, 0) is 11.2 Å². The van der Waals surface area contributed by atoms with Crippen molar-refractivity contribution in [1.29, 1.82) is 0 Å². The Hall–Kier alpha value is -3.85. The molecular formula is C24H22N6O3. The quantitative estimate of drug-likeness (QED) is 0.517. The number of pyridine rings is 1. The number of ether oxygens (including phenoxy) is 1. The third kappa shape index (κ3) is 3.60. The molecule has 4 heterocycles. The fourth-order valence-corrected chi connectivity index (χ4v) is 4.72. The second kappa shape index (κ2) is 8.25. The Morgan fingerprint density at radius 1 is 1.18 bits per heavy atom. The molecule has 6 rings (SSSR count). The lowest BCUT2D eigenvalue weighted by Gasteiger charge is -2.33. The first-order valence-electron chi connectivity index (χ1n) is 11.1. The van der Waals surface area contributed by atoms with Gasteiger partial charge in [0.15, 0.2) is 0 Å². The lowest BCUT2D eigenvalue weighted by atomic mass is 9.85. The van der Waals surface area contributed by atoms with E-state index in [0.717, 1.165) is 58.3 Å². The minimum absolute atomic E-state index is 0.0131. The van der Waals surface area contributed by atoms with E-state index in [9.17, 15) is 4.79 Å². The largest absolute Gasteiger partial charge is 0.465 e. The lowest BCUT2D eigenvalue weighted by molar-refractivity contribution is -0.0267. The fourth-order valence-electron chi connectivity index (χ4n) is 4.72. The minimum Gasteiger partial charge on any atom is -0.465 e. The van der Waals surface area contributed by atoms with Gasteiger partial charge in [-0.05, 0) is 54.7 Å². The van der Waals surface area contributed by atoms with Crippen molar-refractivity contribution >= 4 is 28.5 Å². The number of carbonyl (C=O) groups excluding carboxylic acids is 1. The van der Waals surface area contributed by atoms with Crippen LogP contribution in [-0.4, -0.2) is 56.1 Å². The van der Waals surface area contributed by atoms with Crippen molar-refractivity contribution < 1.29 is 13.9 Å². The predicted octanol–water partition coefficient (Wildman–Crippen LogP) is 3.43. The van der Waals surface area contributed by atoms with Gasteiger partial charge >= 0.3 is 0 Å². The summed E-state index contributed by atoms with van der Waals surface area (Å²) >= 11 is 0. The molecule has 1 aliphatic carbocycles. The van der Waals surface area contributed by atoms with E-state index in [0.29, 0.717) is 25.5 Å². The molecule has 1 N–H and O–H groups in total. The second-order valence-electron chi connectivity index (χ2n) is 8.25. The van der Waals surface area contributed by atoms with Gasteiger partial charge in [0.2, 0.25) is 5.82 Å². The van der Waals surface area contributed by atoms with Crippen LogP contribution in [0.25, 0.3) is 22.6 Å². The Morgan fingerprint density at radius 2 is 2.12 bits per heavy atom. The molecule has 0 saturated carbocycles. The van der Waals surface area contributed by atoms with Crippen molar-refractivity contribution in [1.82, 2.24) is 30.5 Å². The van der Waals surface area contributed by atoms with Crippen molar-refractivity contribution in [3.05, 3.63) is 71.1 Å². The summed E-state index contributed by atoms with van der Waals surface area (Å²) in [6.07, 6.45) is 5.95. The van der Waals surface area contributed by atoms with Crippen molar-refractivity contribution in [2.75, 3.05) is 19.7 Å². The molecule has 0 bridgehead atoms. The highest BCUT2D eigenvalue weighted by Crippen LogP contribution is 2.37. The molecule has 1 amide bonds. The van der Waals surface area contributed by atoms with E-state index in [1.54, 1.807) is 6.26 Å². The molecule has 1 fully saturated rings. The van der Waals surface area contributed by atoms with Crippen LogP contribution in [0.1, 0.15) is 52.1 Å². The van der Waals surface area contributed by atoms with E-state index in [4.69, 9.17) is 14.1 Å². The van der Waals surface area contributed by atoms with Crippen LogP contribution in [0.5, 0.6) is 0 Å². The minimum atomic E-state index is -0.403. The van der Waals surface area contributed by atoms with Crippen LogP contribution in [0.3, 0.4) is 0 Å². The average molecular weight is 442 g/mol. The zero-order valence-electron chi connectivity index (χ0n) is 17.9. The lowest BCUT2D eigenvalue weighted by Crippen LogP contribution is -2.43. The Kier molecular flexibility index (Phi) is 4.95. The Morgan fingerprint density at radius 3 is 2.97 bits per heavy atom. The number of hydrogen-bond acceptors (Lipinski definition) is 7. The summed E-state index contributed by atoms with van der Waals surface area (Å²) in [6.45, 7) is 1.30. The topological polar surface area (TPSA) is 110 Å². The van der Waals surface area contributed by atoms with Gasteiger partial charge in [-0.1, -0.05) is 23.4 Å². The van der Waals surface area contributed by atoms with E-state index < -0.39 is 6.10 Å². The van der Waals surface area contributed by atoms with Gasteiger partial charge in [0, 0.05) is 11.9 Å². The molecule has 1 unspecified atom stereocenters. The predicted molar refractivity (Wildman–Crippen MR) is 120 cm³/mol.